The Kier molecular flexibility index (Phi) is 5.95. The lowest BCUT2D eigenvalue weighted by Crippen LogP contribution is -2.32. The molecule has 0 radical (unpaired) electrons. The molecule has 0 atom stereocenters. The molecule has 0 amide bonds. The summed E-state index contributed by atoms with van der Waals surface area (Å²) in [5.74, 6) is -1.08. The number of hydrogen-bond acceptors (Lipinski definition) is 4. The maximum absolute atomic E-state index is 13.2. The lowest BCUT2D eigenvalue weighted by molar-refractivity contribution is 0.0601. The fraction of sp³-hybridized carbons (Fsp3) is 0.533. The van der Waals surface area contributed by atoms with E-state index in [1.54, 1.807) is 0 Å². The first-order chi connectivity index (χ1) is 9.51. The SMILES string of the molecule is CCC(CC)(CO)CNc1ccc(F)cc1C(=O)OC. The topological polar surface area (TPSA) is 58.6 Å². The van der Waals surface area contributed by atoms with E-state index in [9.17, 15) is 14.3 Å². The van der Waals surface area contributed by atoms with E-state index in [0.717, 1.165) is 18.9 Å². The molecule has 0 fully saturated rings. The van der Waals surface area contributed by atoms with E-state index >= 15 is 0 Å². The van der Waals surface area contributed by atoms with Gasteiger partial charge in [0.05, 0.1) is 19.3 Å². The number of methoxy groups -OCH3 is 1. The molecule has 1 aromatic rings. The fourth-order valence-electron chi connectivity index (χ4n) is 2.01. The van der Waals surface area contributed by atoms with E-state index in [1.807, 2.05) is 13.8 Å². The Bertz CT molecular complexity index is 450. The highest BCUT2D eigenvalue weighted by Gasteiger charge is 2.25. The number of nitrogens with one attached hydrogen (secondary N) is 1. The van der Waals surface area contributed by atoms with E-state index in [4.69, 9.17) is 0 Å². The molecule has 20 heavy (non-hydrogen) atoms. The molecule has 0 unspecified atom stereocenters. The Morgan fingerprint density at radius 1 is 1.40 bits per heavy atom. The van der Waals surface area contributed by atoms with Gasteiger partial charge in [0.1, 0.15) is 5.82 Å². The van der Waals surface area contributed by atoms with Gasteiger partial charge in [-0.1, -0.05) is 13.8 Å². The first kappa shape index (κ1) is 16.4. The summed E-state index contributed by atoms with van der Waals surface area (Å²) in [4.78, 5) is 11.6. The van der Waals surface area contributed by atoms with Gasteiger partial charge in [0.25, 0.3) is 0 Å². The molecule has 0 saturated heterocycles. The van der Waals surface area contributed by atoms with Crippen molar-refractivity contribution in [2.75, 3.05) is 25.6 Å². The van der Waals surface area contributed by atoms with Crippen LogP contribution < -0.4 is 5.32 Å². The van der Waals surface area contributed by atoms with Crippen LogP contribution in [0.25, 0.3) is 0 Å². The maximum atomic E-state index is 13.2. The molecule has 0 aromatic heterocycles. The van der Waals surface area contributed by atoms with Crippen LogP contribution in [-0.2, 0) is 4.74 Å². The Balaban J connectivity index is 2.95. The highest BCUT2D eigenvalue weighted by Crippen LogP contribution is 2.27. The third kappa shape index (κ3) is 3.70. The van der Waals surface area contributed by atoms with Gasteiger partial charge in [-0.2, -0.15) is 0 Å². The first-order valence-corrected chi connectivity index (χ1v) is 6.74. The predicted octanol–water partition coefficient (Wildman–Crippen LogP) is 2.82. The van der Waals surface area contributed by atoms with Crippen molar-refractivity contribution in [2.24, 2.45) is 5.41 Å². The number of anilines is 1. The molecule has 0 aliphatic rings. The van der Waals surface area contributed by atoms with E-state index in [-0.39, 0.29) is 17.6 Å². The molecule has 0 aliphatic heterocycles. The van der Waals surface area contributed by atoms with Gasteiger partial charge < -0.3 is 15.2 Å². The number of rotatable bonds is 7. The van der Waals surface area contributed by atoms with Crippen molar-refractivity contribution in [2.45, 2.75) is 26.7 Å². The van der Waals surface area contributed by atoms with Crippen LogP contribution in [-0.4, -0.2) is 31.3 Å². The second-order valence-corrected chi connectivity index (χ2v) is 4.90. The van der Waals surface area contributed by atoms with Crippen molar-refractivity contribution in [1.29, 1.82) is 0 Å². The third-order valence-electron chi connectivity index (χ3n) is 3.88. The number of carbonyl (C=O) groups excluding carboxylic acids is 1. The fourth-order valence-corrected chi connectivity index (χ4v) is 2.01. The van der Waals surface area contributed by atoms with Crippen molar-refractivity contribution >= 4 is 11.7 Å². The molecule has 1 rings (SSSR count). The monoisotopic (exact) mass is 283 g/mol. The van der Waals surface area contributed by atoms with Gasteiger partial charge >= 0.3 is 5.97 Å². The zero-order valence-corrected chi connectivity index (χ0v) is 12.2. The predicted molar refractivity (Wildman–Crippen MR) is 76.3 cm³/mol. The quantitative estimate of drug-likeness (QED) is 0.755. The normalized spacial score (nSPS) is 11.2. The largest absolute Gasteiger partial charge is 0.465 e. The summed E-state index contributed by atoms with van der Waals surface area (Å²) >= 11 is 0. The highest BCUT2D eigenvalue weighted by molar-refractivity contribution is 5.95. The summed E-state index contributed by atoms with van der Waals surface area (Å²) in [5, 5.41) is 12.7. The van der Waals surface area contributed by atoms with Crippen molar-refractivity contribution in [3.8, 4) is 0 Å². The average molecular weight is 283 g/mol. The lowest BCUT2D eigenvalue weighted by atomic mass is 9.83. The molecule has 4 nitrogen and oxygen atoms in total. The number of esters is 1. The highest BCUT2D eigenvalue weighted by atomic mass is 19.1. The summed E-state index contributed by atoms with van der Waals surface area (Å²) in [6.07, 6.45) is 1.61. The van der Waals surface area contributed by atoms with E-state index in [2.05, 4.69) is 10.1 Å². The number of carbonyl (C=O) groups is 1. The summed E-state index contributed by atoms with van der Waals surface area (Å²) in [6, 6.07) is 3.94. The molecule has 0 saturated carbocycles. The zero-order chi connectivity index (χ0) is 15.2. The van der Waals surface area contributed by atoms with Crippen LogP contribution >= 0.6 is 0 Å². The Labute approximate surface area is 119 Å². The molecule has 0 heterocycles. The minimum Gasteiger partial charge on any atom is -0.465 e. The first-order valence-electron chi connectivity index (χ1n) is 6.74. The van der Waals surface area contributed by atoms with Crippen LogP contribution in [0.2, 0.25) is 0 Å². The number of hydrogen-bond donors (Lipinski definition) is 2. The summed E-state index contributed by atoms with van der Waals surface area (Å²) in [7, 11) is 1.26. The standard InChI is InChI=1S/C15H22FNO3/c1-4-15(5-2,10-18)9-17-13-7-6-11(16)8-12(13)14(19)20-3/h6-8,17-18H,4-5,9-10H2,1-3H3. The summed E-state index contributed by atoms with van der Waals surface area (Å²) < 4.78 is 17.9. The average Bonchev–Trinajstić information content (AvgIpc) is 2.49. The zero-order valence-electron chi connectivity index (χ0n) is 12.2. The van der Waals surface area contributed by atoms with E-state index in [0.29, 0.717) is 12.2 Å². The molecule has 0 bridgehead atoms. The van der Waals surface area contributed by atoms with Crippen LogP contribution in [0, 0.1) is 11.2 Å². The number of halogens is 1. The van der Waals surface area contributed by atoms with Crippen molar-refractivity contribution in [1.82, 2.24) is 0 Å². The number of aliphatic hydroxyl groups is 1. The molecule has 1 aromatic carbocycles. The van der Waals surface area contributed by atoms with Gasteiger partial charge in [-0.25, -0.2) is 9.18 Å². The number of aliphatic hydroxyl groups excluding tert-OH is 1. The van der Waals surface area contributed by atoms with E-state index < -0.39 is 11.8 Å². The minimum atomic E-state index is -0.588. The third-order valence-corrected chi connectivity index (χ3v) is 3.88. The van der Waals surface area contributed by atoms with Crippen LogP contribution in [0.5, 0.6) is 0 Å². The van der Waals surface area contributed by atoms with Gasteiger partial charge in [0.2, 0.25) is 0 Å². The van der Waals surface area contributed by atoms with Gasteiger partial charge in [-0.05, 0) is 31.0 Å². The Morgan fingerprint density at radius 2 is 2.05 bits per heavy atom. The smallest absolute Gasteiger partial charge is 0.340 e. The molecule has 0 aliphatic carbocycles. The van der Waals surface area contributed by atoms with Crippen LogP contribution in [0.15, 0.2) is 18.2 Å². The molecular formula is C15H22FNO3. The van der Waals surface area contributed by atoms with E-state index in [1.165, 1.54) is 19.2 Å². The lowest BCUT2D eigenvalue weighted by Gasteiger charge is -2.30. The van der Waals surface area contributed by atoms with Gasteiger partial charge in [-0.15, -0.1) is 0 Å². The second kappa shape index (κ2) is 7.24. The van der Waals surface area contributed by atoms with Crippen molar-refractivity contribution in [3.63, 3.8) is 0 Å². The summed E-state index contributed by atoms with van der Waals surface area (Å²) in [6.45, 7) is 4.58. The van der Waals surface area contributed by atoms with Gasteiger partial charge in [0, 0.05) is 17.6 Å². The minimum absolute atomic E-state index is 0.0573. The van der Waals surface area contributed by atoms with Crippen LogP contribution in [0.1, 0.15) is 37.0 Å². The number of ether oxygens (including phenoxy) is 1. The molecule has 2 N–H and O–H groups in total. The van der Waals surface area contributed by atoms with Gasteiger partial charge in [0.15, 0.2) is 0 Å². The molecule has 0 spiro atoms. The van der Waals surface area contributed by atoms with Crippen LogP contribution in [0.4, 0.5) is 10.1 Å². The maximum Gasteiger partial charge on any atom is 0.340 e. The van der Waals surface area contributed by atoms with Gasteiger partial charge in [-0.3, -0.25) is 0 Å². The van der Waals surface area contributed by atoms with Crippen molar-refractivity contribution in [3.05, 3.63) is 29.6 Å². The van der Waals surface area contributed by atoms with Crippen molar-refractivity contribution < 1.29 is 19.0 Å². The molecule has 112 valence electrons. The molecular weight excluding hydrogens is 261 g/mol. The van der Waals surface area contributed by atoms with Crippen LogP contribution in [0.3, 0.4) is 0 Å². The second-order valence-electron chi connectivity index (χ2n) is 4.90. The summed E-state index contributed by atoms with van der Waals surface area (Å²) in [5.41, 5.74) is 0.423. The Morgan fingerprint density at radius 3 is 2.55 bits per heavy atom. The number of benzene rings is 1. The molecule has 5 heteroatoms. The Hall–Kier alpha value is -1.62.